The van der Waals surface area contributed by atoms with E-state index in [0.717, 1.165) is 12.8 Å². The number of carbonyl (C=O) groups is 1. The van der Waals surface area contributed by atoms with Crippen LogP contribution in [0.1, 0.15) is 18.4 Å². The molecule has 1 unspecified atom stereocenters. The van der Waals surface area contributed by atoms with Gasteiger partial charge in [-0.25, -0.2) is 0 Å². The molecule has 102 valence electrons. The zero-order valence-electron chi connectivity index (χ0n) is 11.4. The Labute approximate surface area is 119 Å². The minimum absolute atomic E-state index is 0.0481. The molecule has 2 aromatic carbocycles. The van der Waals surface area contributed by atoms with Gasteiger partial charge in [-0.2, -0.15) is 0 Å². The van der Waals surface area contributed by atoms with Crippen LogP contribution in [0.15, 0.2) is 54.6 Å². The van der Waals surface area contributed by atoms with Crippen molar-refractivity contribution in [3.8, 4) is 11.1 Å². The molecule has 0 aromatic heterocycles. The predicted octanol–water partition coefficient (Wildman–Crippen LogP) is 3.85. The fourth-order valence-corrected chi connectivity index (χ4v) is 2.66. The molecule has 2 heteroatoms. The summed E-state index contributed by atoms with van der Waals surface area (Å²) in [7, 11) is 0. The molecule has 2 nitrogen and oxygen atoms in total. The van der Waals surface area contributed by atoms with E-state index in [1.807, 2.05) is 6.07 Å². The molecule has 0 aliphatic carbocycles. The van der Waals surface area contributed by atoms with E-state index in [1.54, 1.807) is 0 Å². The molecule has 1 aliphatic heterocycles. The number of hydrogen-bond donors (Lipinski definition) is 0. The second-order valence-corrected chi connectivity index (χ2v) is 5.36. The van der Waals surface area contributed by atoms with Gasteiger partial charge in [-0.05, 0) is 29.5 Å². The Hall–Kier alpha value is -2.09. The zero-order chi connectivity index (χ0) is 13.8. The molecule has 0 saturated carbocycles. The fraction of sp³-hybridized carbons (Fsp3) is 0.278. The van der Waals surface area contributed by atoms with Gasteiger partial charge in [-0.15, -0.1) is 0 Å². The van der Waals surface area contributed by atoms with E-state index in [1.165, 1.54) is 16.7 Å². The number of esters is 1. The molecular weight excluding hydrogens is 248 g/mol. The largest absolute Gasteiger partial charge is 0.465 e. The fourth-order valence-electron chi connectivity index (χ4n) is 2.66. The summed E-state index contributed by atoms with van der Waals surface area (Å²) in [5.41, 5.74) is 3.82. The Kier molecular flexibility index (Phi) is 3.82. The molecule has 0 bridgehead atoms. The molecular formula is C18H18O2. The molecule has 0 N–H and O–H groups in total. The van der Waals surface area contributed by atoms with Crippen molar-refractivity contribution in [3.05, 3.63) is 60.2 Å². The van der Waals surface area contributed by atoms with E-state index < -0.39 is 0 Å². The van der Waals surface area contributed by atoms with Crippen molar-refractivity contribution in [1.29, 1.82) is 0 Å². The van der Waals surface area contributed by atoms with Crippen molar-refractivity contribution in [2.75, 3.05) is 6.61 Å². The van der Waals surface area contributed by atoms with Gasteiger partial charge in [0.15, 0.2) is 0 Å². The SMILES string of the molecule is O=C1CC(CCc2cccc(-c3ccccc3)c2)CO1. The first-order chi connectivity index (χ1) is 9.81. The van der Waals surface area contributed by atoms with Crippen LogP contribution in [0.25, 0.3) is 11.1 Å². The summed E-state index contributed by atoms with van der Waals surface area (Å²) in [6, 6.07) is 19.1. The molecule has 1 heterocycles. The van der Waals surface area contributed by atoms with Gasteiger partial charge in [0.25, 0.3) is 0 Å². The van der Waals surface area contributed by atoms with E-state index in [2.05, 4.69) is 48.5 Å². The van der Waals surface area contributed by atoms with Crippen LogP contribution in [-0.4, -0.2) is 12.6 Å². The third kappa shape index (κ3) is 3.08. The Morgan fingerprint density at radius 3 is 2.55 bits per heavy atom. The summed E-state index contributed by atoms with van der Waals surface area (Å²) >= 11 is 0. The minimum atomic E-state index is -0.0481. The Morgan fingerprint density at radius 2 is 1.80 bits per heavy atom. The van der Waals surface area contributed by atoms with Crippen LogP contribution in [0.2, 0.25) is 0 Å². The van der Waals surface area contributed by atoms with Crippen molar-refractivity contribution in [2.24, 2.45) is 5.92 Å². The Balaban J connectivity index is 1.67. The zero-order valence-corrected chi connectivity index (χ0v) is 11.4. The quantitative estimate of drug-likeness (QED) is 0.786. The average Bonchev–Trinajstić information content (AvgIpc) is 2.92. The number of benzene rings is 2. The molecule has 0 spiro atoms. The van der Waals surface area contributed by atoms with Gasteiger partial charge >= 0.3 is 5.97 Å². The van der Waals surface area contributed by atoms with Crippen LogP contribution < -0.4 is 0 Å². The molecule has 0 amide bonds. The number of carbonyl (C=O) groups excluding carboxylic acids is 1. The van der Waals surface area contributed by atoms with Crippen LogP contribution in [0.5, 0.6) is 0 Å². The summed E-state index contributed by atoms with van der Waals surface area (Å²) in [4.78, 5) is 11.1. The van der Waals surface area contributed by atoms with Gasteiger partial charge < -0.3 is 4.74 Å². The molecule has 20 heavy (non-hydrogen) atoms. The second kappa shape index (κ2) is 5.91. The highest BCUT2D eigenvalue weighted by Crippen LogP contribution is 2.23. The highest BCUT2D eigenvalue weighted by atomic mass is 16.5. The topological polar surface area (TPSA) is 26.3 Å². The lowest BCUT2D eigenvalue weighted by Crippen LogP contribution is -2.01. The van der Waals surface area contributed by atoms with Crippen LogP contribution in [0, 0.1) is 5.92 Å². The normalized spacial score (nSPS) is 18.0. The first-order valence-corrected chi connectivity index (χ1v) is 7.11. The number of rotatable bonds is 4. The van der Waals surface area contributed by atoms with Gasteiger partial charge in [-0.3, -0.25) is 4.79 Å². The minimum Gasteiger partial charge on any atom is -0.465 e. The number of hydrogen-bond acceptors (Lipinski definition) is 2. The number of aryl methyl sites for hydroxylation is 1. The molecule has 1 aliphatic rings. The van der Waals surface area contributed by atoms with Crippen LogP contribution in [0.4, 0.5) is 0 Å². The summed E-state index contributed by atoms with van der Waals surface area (Å²) in [6.45, 7) is 0.594. The molecule has 1 atom stereocenters. The van der Waals surface area contributed by atoms with Crippen molar-refractivity contribution in [3.63, 3.8) is 0 Å². The Morgan fingerprint density at radius 1 is 1.00 bits per heavy atom. The summed E-state index contributed by atoms with van der Waals surface area (Å²) in [6.07, 6.45) is 2.60. The third-order valence-electron chi connectivity index (χ3n) is 3.81. The Bertz CT molecular complexity index is 589. The molecule has 2 aromatic rings. The van der Waals surface area contributed by atoms with Crippen molar-refractivity contribution in [1.82, 2.24) is 0 Å². The van der Waals surface area contributed by atoms with E-state index in [9.17, 15) is 4.79 Å². The lowest BCUT2D eigenvalue weighted by molar-refractivity contribution is -0.137. The van der Waals surface area contributed by atoms with E-state index >= 15 is 0 Å². The number of cyclic esters (lactones) is 1. The van der Waals surface area contributed by atoms with E-state index in [0.29, 0.717) is 18.9 Å². The van der Waals surface area contributed by atoms with Crippen molar-refractivity contribution < 1.29 is 9.53 Å². The lowest BCUT2D eigenvalue weighted by Gasteiger charge is -2.08. The summed E-state index contributed by atoms with van der Waals surface area (Å²) in [5, 5.41) is 0. The molecule has 3 rings (SSSR count). The third-order valence-corrected chi connectivity index (χ3v) is 3.81. The first kappa shape index (κ1) is 12.9. The number of ether oxygens (including phenoxy) is 1. The van der Waals surface area contributed by atoms with Crippen LogP contribution >= 0.6 is 0 Å². The first-order valence-electron chi connectivity index (χ1n) is 7.11. The summed E-state index contributed by atoms with van der Waals surface area (Å²) in [5.74, 6) is 0.343. The van der Waals surface area contributed by atoms with Gasteiger partial charge in [-0.1, -0.05) is 54.6 Å². The highest BCUT2D eigenvalue weighted by Gasteiger charge is 2.23. The van der Waals surface area contributed by atoms with Gasteiger partial charge in [0.05, 0.1) is 13.0 Å². The summed E-state index contributed by atoms with van der Waals surface area (Å²) < 4.78 is 5.01. The molecule has 1 fully saturated rings. The monoisotopic (exact) mass is 266 g/mol. The van der Waals surface area contributed by atoms with Crippen molar-refractivity contribution in [2.45, 2.75) is 19.3 Å². The molecule has 1 saturated heterocycles. The predicted molar refractivity (Wildman–Crippen MR) is 79.3 cm³/mol. The van der Waals surface area contributed by atoms with E-state index in [4.69, 9.17) is 4.74 Å². The second-order valence-electron chi connectivity index (χ2n) is 5.36. The average molecular weight is 266 g/mol. The van der Waals surface area contributed by atoms with Crippen molar-refractivity contribution >= 4 is 5.97 Å². The standard InChI is InChI=1S/C18H18O2/c19-18-12-15(13-20-18)10-9-14-5-4-8-17(11-14)16-6-2-1-3-7-16/h1-8,11,15H,9-10,12-13H2. The van der Waals surface area contributed by atoms with Crippen LogP contribution in [-0.2, 0) is 16.0 Å². The maximum Gasteiger partial charge on any atom is 0.306 e. The highest BCUT2D eigenvalue weighted by molar-refractivity contribution is 5.71. The maximum absolute atomic E-state index is 11.1. The van der Waals surface area contributed by atoms with Gasteiger partial charge in [0, 0.05) is 5.92 Å². The van der Waals surface area contributed by atoms with E-state index in [-0.39, 0.29) is 5.97 Å². The maximum atomic E-state index is 11.1. The van der Waals surface area contributed by atoms with Crippen LogP contribution in [0.3, 0.4) is 0 Å². The molecule has 0 radical (unpaired) electrons. The lowest BCUT2D eigenvalue weighted by atomic mass is 9.96. The van der Waals surface area contributed by atoms with Gasteiger partial charge in [0.2, 0.25) is 0 Å². The smallest absolute Gasteiger partial charge is 0.306 e. The van der Waals surface area contributed by atoms with Gasteiger partial charge in [0.1, 0.15) is 0 Å².